The van der Waals surface area contributed by atoms with E-state index in [9.17, 15) is 9.18 Å². The highest BCUT2D eigenvalue weighted by atomic mass is 35.5. The maximum atomic E-state index is 13.2. The first-order chi connectivity index (χ1) is 11.3. The molecule has 2 aromatic rings. The smallest absolute Gasteiger partial charge is 0.251 e. The van der Waals surface area contributed by atoms with Gasteiger partial charge in [-0.3, -0.25) is 4.79 Å². The van der Waals surface area contributed by atoms with Crippen LogP contribution in [-0.4, -0.2) is 5.91 Å². The number of amides is 1. The molecular formula is C20H24ClFN2O. The Morgan fingerprint density at radius 2 is 1.72 bits per heavy atom. The second-order valence-corrected chi connectivity index (χ2v) is 7.41. The first kappa shape index (κ1) is 19.4. The van der Waals surface area contributed by atoms with Crippen molar-refractivity contribution in [2.24, 2.45) is 5.41 Å². The van der Waals surface area contributed by atoms with Gasteiger partial charge in [0.1, 0.15) is 5.82 Å². The van der Waals surface area contributed by atoms with Crippen molar-refractivity contribution < 1.29 is 9.18 Å². The molecule has 2 N–H and O–H groups in total. The van der Waals surface area contributed by atoms with Crippen molar-refractivity contribution in [3.05, 3.63) is 70.5 Å². The fourth-order valence-corrected chi connectivity index (χ4v) is 3.11. The van der Waals surface area contributed by atoms with Gasteiger partial charge in [0.15, 0.2) is 0 Å². The number of rotatable bonds is 3. The summed E-state index contributed by atoms with van der Waals surface area (Å²) in [6, 6.07) is 12.0. The van der Waals surface area contributed by atoms with E-state index in [1.807, 2.05) is 18.2 Å². The number of hydrogen-bond acceptors (Lipinski definition) is 2. The predicted octanol–water partition coefficient (Wildman–Crippen LogP) is 4.37. The van der Waals surface area contributed by atoms with Gasteiger partial charge in [-0.15, -0.1) is 12.4 Å². The molecular weight excluding hydrogens is 339 g/mol. The lowest BCUT2D eigenvalue weighted by atomic mass is 9.82. The van der Waals surface area contributed by atoms with E-state index in [4.69, 9.17) is 0 Å². The molecule has 2 aromatic carbocycles. The summed E-state index contributed by atoms with van der Waals surface area (Å²) in [5, 5.41) is 6.40. The maximum Gasteiger partial charge on any atom is 0.251 e. The molecule has 3 nitrogen and oxygen atoms in total. The summed E-state index contributed by atoms with van der Waals surface area (Å²) in [6.45, 7) is 7.85. The van der Waals surface area contributed by atoms with Crippen LogP contribution in [0.25, 0.3) is 0 Å². The molecule has 134 valence electrons. The molecule has 1 atom stereocenters. The van der Waals surface area contributed by atoms with E-state index in [1.165, 1.54) is 23.3 Å². The van der Waals surface area contributed by atoms with Crippen LogP contribution in [0.1, 0.15) is 53.9 Å². The van der Waals surface area contributed by atoms with E-state index >= 15 is 0 Å². The van der Waals surface area contributed by atoms with Gasteiger partial charge in [0.05, 0.1) is 6.04 Å². The molecule has 0 saturated heterocycles. The number of hydrogen-bond donors (Lipinski definition) is 2. The molecule has 0 spiro atoms. The van der Waals surface area contributed by atoms with E-state index in [1.54, 1.807) is 12.1 Å². The van der Waals surface area contributed by atoms with Gasteiger partial charge in [-0.1, -0.05) is 39.0 Å². The molecule has 0 radical (unpaired) electrons. The van der Waals surface area contributed by atoms with Gasteiger partial charge in [0.25, 0.3) is 5.91 Å². The molecule has 0 bridgehead atoms. The lowest BCUT2D eigenvalue weighted by molar-refractivity contribution is 0.0901. The SMILES string of the molecule is CC(C)(C)C(NC(=O)c1ccc2c(c1)CNC2)c1ccc(F)cc1.Cl. The second-order valence-electron chi connectivity index (χ2n) is 7.41. The summed E-state index contributed by atoms with van der Waals surface area (Å²) in [6.07, 6.45) is 0. The van der Waals surface area contributed by atoms with Crippen molar-refractivity contribution in [2.45, 2.75) is 39.9 Å². The summed E-state index contributed by atoms with van der Waals surface area (Å²) < 4.78 is 13.2. The van der Waals surface area contributed by atoms with Gasteiger partial charge in [-0.2, -0.15) is 0 Å². The summed E-state index contributed by atoms with van der Waals surface area (Å²) >= 11 is 0. The van der Waals surface area contributed by atoms with Crippen molar-refractivity contribution in [3.8, 4) is 0 Å². The van der Waals surface area contributed by atoms with Crippen molar-refractivity contribution >= 4 is 18.3 Å². The van der Waals surface area contributed by atoms with Crippen molar-refractivity contribution in [2.75, 3.05) is 0 Å². The zero-order chi connectivity index (χ0) is 17.3. The first-order valence-electron chi connectivity index (χ1n) is 8.23. The zero-order valence-electron chi connectivity index (χ0n) is 14.7. The van der Waals surface area contributed by atoms with Gasteiger partial charge in [-0.05, 0) is 46.4 Å². The minimum atomic E-state index is -0.274. The highest BCUT2D eigenvalue weighted by Crippen LogP contribution is 2.33. The van der Waals surface area contributed by atoms with Gasteiger partial charge >= 0.3 is 0 Å². The van der Waals surface area contributed by atoms with Crippen molar-refractivity contribution in [1.29, 1.82) is 0 Å². The van der Waals surface area contributed by atoms with E-state index in [-0.39, 0.29) is 35.6 Å². The van der Waals surface area contributed by atoms with Crippen LogP contribution in [0.2, 0.25) is 0 Å². The summed E-state index contributed by atoms with van der Waals surface area (Å²) in [7, 11) is 0. The van der Waals surface area contributed by atoms with Crippen LogP contribution < -0.4 is 10.6 Å². The number of halogens is 2. The van der Waals surface area contributed by atoms with E-state index in [0.29, 0.717) is 5.56 Å². The molecule has 1 aliphatic rings. The third-order valence-corrected chi connectivity index (χ3v) is 4.44. The molecule has 1 aliphatic heterocycles. The van der Waals surface area contributed by atoms with Crippen molar-refractivity contribution in [3.63, 3.8) is 0 Å². The minimum Gasteiger partial charge on any atom is -0.345 e. The van der Waals surface area contributed by atoms with Crippen LogP contribution in [0, 0.1) is 11.2 Å². The Labute approximate surface area is 154 Å². The van der Waals surface area contributed by atoms with Gasteiger partial charge < -0.3 is 10.6 Å². The maximum absolute atomic E-state index is 13.2. The molecule has 1 amide bonds. The second kappa shape index (κ2) is 7.54. The normalized spacial score (nSPS) is 14.4. The van der Waals surface area contributed by atoms with Gasteiger partial charge in [-0.25, -0.2) is 4.39 Å². The van der Waals surface area contributed by atoms with Crippen LogP contribution in [-0.2, 0) is 13.1 Å². The Morgan fingerprint density at radius 3 is 2.36 bits per heavy atom. The van der Waals surface area contributed by atoms with Crippen LogP contribution in [0.5, 0.6) is 0 Å². The third kappa shape index (κ3) is 4.39. The Balaban J connectivity index is 0.00000225. The van der Waals surface area contributed by atoms with Crippen LogP contribution in [0.4, 0.5) is 4.39 Å². The minimum absolute atomic E-state index is 0. The third-order valence-electron chi connectivity index (χ3n) is 4.44. The lowest BCUT2D eigenvalue weighted by Gasteiger charge is -2.32. The van der Waals surface area contributed by atoms with E-state index in [2.05, 4.69) is 31.4 Å². The summed E-state index contributed by atoms with van der Waals surface area (Å²) in [5.74, 6) is -0.377. The van der Waals surface area contributed by atoms with Crippen LogP contribution in [0.3, 0.4) is 0 Å². The number of benzene rings is 2. The average Bonchev–Trinajstić information content (AvgIpc) is 3.00. The molecule has 0 saturated carbocycles. The Morgan fingerprint density at radius 1 is 1.08 bits per heavy atom. The molecule has 0 fully saturated rings. The molecule has 1 unspecified atom stereocenters. The zero-order valence-corrected chi connectivity index (χ0v) is 15.5. The molecule has 3 rings (SSSR count). The van der Waals surface area contributed by atoms with Crippen LogP contribution >= 0.6 is 12.4 Å². The highest BCUT2D eigenvalue weighted by Gasteiger charge is 2.28. The molecule has 1 heterocycles. The Kier molecular flexibility index (Phi) is 5.86. The number of fused-ring (bicyclic) bond motifs is 1. The predicted molar refractivity (Wildman–Crippen MR) is 100 cm³/mol. The van der Waals surface area contributed by atoms with Crippen molar-refractivity contribution in [1.82, 2.24) is 10.6 Å². The standard InChI is InChI=1S/C20H23FN2O.ClH/c1-20(2,3)18(13-6-8-17(21)9-7-13)23-19(24)14-4-5-15-11-22-12-16(15)10-14;/h4-10,18,22H,11-12H2,1-3H3,(H,23,24);1H. The Bertz CT molecular complexity index is 753. The largest absolute Gasteiger partial charge is 0.345 e. The number of carbonyl (C=O) groups excluding carboxylic acids is 1. The number of nitrogens with one attached hydrogen (secondary N) is 2. The Hall–Kier alpha value is -1.91. The van der Waals surface area contributed by atoms with Gasteiger partial charge in [0.2, 0.25) is 0 Å². The summed E-state index contributed by atoms with van der Waals surface area (Å²) in [5.41, 5.74) is 3.80. The molecule has 5 heteroatoms. The fourth-order valence-electron chi connectivity index (χ4n) is 3.11. The topological polar surface area (TPSA) is 41.1 Å². The molecule has 0 aliphatic carbocycles. The first-order valence-corrected chi connectivity index (χ1v) is 8.23. The quantitative estimate of drug-likeness (QED) is 0.851. The monoisotopic (exact) mass is 362 g/mol. The molecule has 25 heavy (non-hydrogen) atoms. The fraction of sp³-hybridized carbons (Fsp3) is 0.350. The molecule has 0 aromatic heterocycles. The van der Waals surface area contributed by atoms with E-state index in [0.717, 1.165) is 18.7 Å². The van der Waals surface area contributed by atoms with E-state index < -0.39 is 0 Å². The lowest BCUT2D eigenvalue weighted by Crippen LogP contribution is -2.36. The highest BCUT2D eigenvalue weighted by molar-refractivity contribution is 5.94. The van der Waals surface area contributed by atoms with Crippen LogP contribution in [0.15, 0.2) is 42.5 Å². The summed E-state index contributed by atoms with van der Waals surface area (Å²) in [4.78, 5) is 12.7. The van der Waals surface area contributed by atoms with Gasteiger partial charge in [0, 0.05) is 18.7 Å². The average molecular weight is 363 g/mol. The number of carbonyl (C=O) groups is 1.